The lowest BCUT2D eigenvalue weighted by Gasteiger charge is -2.00. The number of rotatable bonds is 4. The molecule has 0 spiro atoms. The first-order valence-electron chi connectivity index (χ1n) is 4.38. The minimum atomic E-state index is 0.0200. The average molecular weight is 191 g/mol. The highest BCUT2D eigenvalue weighted by molar-refractivity contribution is 5.85. The Morgan fingerprint density at radius 1 is 1.50 bits per heavy atom. The lowest BCUT2D eigenvalue weighted by molar-refractivity contribution is 0.112. The number of phenolic OH excluding ortho intramolecular Hbond substituents is 1. The zero-order valence-electron chi connectivity index (χ0n) is 8.03. The third-order valence-electron chi connectivity index (χ3n) is 1.85. The van der Waals surface area contributed by atoms with Crippen LogP contribution in [-0.4, -0.2) is 25.0 Å². The Morgan fingerprint density at radius 3 is 2.93 bits per heavy atom. The van der Waals surface area contributed by atoms with Gasteiger partial charge in [-0.15, -0.1) is 0 Å². The molecule has 1 rings (SSSR count). The molecule has 3 nitrogen and oxygen atoms in total. The van der Waals surface area contributed by atoms with Gasteiger partial charge >= 0.3 is 0 Å². The number of hydrogen-bond acceptors (Lipinski definition) is 3. The molecular weight excluding hydrogens is 178 g/mol. The number of carbonyl (C=O) groups excluding carboxylic acids is 1. The fraction of sp³-hybridized carbons (Fsp3) is 0.182. The summed E-state index contributed by atoms with van der Waals surface area (Å²) in [6.07, 6.45) is 4.36. The maximum atomic E-state index is 10.7. The van der Waals surface area contributed by atoms with Gasteiger partial charge in [0, 0.05) is 6.54 Å². The van der Waals surface area contributed by atoms with Crippen LogP contribution in [0.5, 0.6) is 5.75 Å². The van der Waals surface area contributed by atoms with E-state index in [1.54, 1.807) is 18.2 Å². The van der Waals surface area contributed by atoms with Crippen LogP contribution in [-0.2, 0) is 0 Å². The highest BCUT2D eigenvalue weighted by Gasteiger charge is 2.02. The van der Waals surface area contributed by atoms with Gasteiger partial charge in [-0.3, -0.25) is 4.79 Å². The van der Waals surface area contributed by atoms with E-state index < -0.39 is 0 Å². The van der Waals surface area contributed by atoms with Gasteiger partial charge in [-0.2, -0.15) is 0 Å². The molecule has 0 radical (unpaired) electrons. The van der Waals surface area contributed by atoms with Gasteiger partial charge in [0.25, 0.3) is 0 Å². The van der Waals surface area contributed by atoms with Gasteiger partial charge < -0.3 is 10.4 Å². The van der Waals surface area contributed by atoms with Crippen LogP contribution in [0.15, 0.2) is 24.3 Å². The third-order valence-corrected chi connectivity index (χ3v) is 1.85. The van der Waals surface area contributed by atoms with E-state index >= 15 is 0 Å². The van der Waals surface area contributed by atoms with E-state index in [-0.39, 0.29) is 5.75 Å². The maximum absolute atomic E-state index is 10.7. The van der Waals surface area contributed by atoms with Gasteiger partial charge in [0.2, 0.25) is 0 Å². The molecule has 14 heavy (non-hydrogen) atoms. The molecule has 0 aliphatic carbocycles. The highest BCUT2D eigenvalue weighted by atomic mass is 16.3. The second-order valence-corrected chi connectivity index (χ2v) is 2.86. The molecule has 0 atom stereocenters. The molecule has 74 valence electrons. The van der Waals surface area contributed by atoms with Crippen LogP contribution < -0.4 is 5.32 Å². The molecule has 3 heteroatoms. The third kappa shape index (κ3) is 2.44. The SMILES string of the molecule is CNCC=Cc1cccc(O)c1C=O. The van der Waals surface area contributed by atoms with Crippen molar-refractivity contribution in [3.8, 4) is 5.75 Å². The Bertz CT molecular complexity index is 345. The summed E-state index contributed by atoms with van der Waals surface area (Å²) in [7, 11) is 1.84. The molecule has 0 amide bonds. The summed E-state index contributed by atoms with van der Waals surface area (Å²) in [4.78, 5) is 10.7. The normalized spacial score (nSPS) is 10.6. The summed E-state index contributed by atoms with van der Waals surface area (Å²) in [5.74, 6) is 0.0200. The fourth-order valence-corrected chi connectivity index (χ4v) is 1.15. The smallest absolute Gasteiger partial charge is 0.154 e. The standard InChI is InChI=1S/C11H13NO2/c1-12-7-3-5-9-4-2-6-11(14)10(9)8-13/h2-6,8,12,14H,7H2,1H3. The topological polar surface area (TPSA) is 49.3 Å². The predicted molar refractivity (Wildman–Crippen MR) is 56.5 cm³/mol. The van der Waals surface area contributed by atoms with Gasteiger partial charge in [-0.1, -0.05) is 24.3 Å². The van der Waals surface area contributed by atoms with Gasteiger partial charge in [-0.05, 0) is 18.7 Å². The Kier molecular flexibility index (Phi) is 3.88. The van der Waals surface area contributed by atoms with Crippen molar-refractivity contribution in [2.45, 2.75) is 0 Å². The second-order valence-electron chi connectivity index (χ2n) is 2.86. The van der Waals surface area contributed by atoms with E-state index in [0.29, 0.717) is 11.8 Å². The van der Waals surface area contributed by atoms with Crippen molar-refractivity contribution in [1.29, 1.82) is 0 Å². The highest BCUT2D eigenvalue weighted by Crippen LogP contribution is 2.19. The van der Waals surface area contributed by atoms with Crippen molar-refractivity contribution in [1.82, 2.24) is 5.32 Å². The molecule has 0 heterocycles. The molecule has 0 aliphatic heterocycles. The lowest BCUT2D eigenvalue weighted by Crippen LogP contribution is -2.03. The summed E-state index contributed by atoms with van der Waals surface area (Å²) in [5.41, 5.74) is 1.06. The molecule has 0 saturated carbocycles. The number of nitrogens with one attached hydrogen (secondary N) is 1. The molecule has 1 aromatic rings. The monoisotopic (exact) mass is 191 g/mol. The first-order valence-corrected chi connectivity index (χ1v) is 4.38. The van der Waals surface area contributed by atoms with Crippen molar-refractivity contribution in [3.63, 3.8) is 0 Å². The maximum Gasteiger partial charge on any atom is 0.154 e. The molecule has 0 bridgehead atoms. The number of phenols is 1. The zero-order chi connectivity index (χ0) is 10.4. The van der Waals surface area contributed by atoms with Crippen molar-refractivity contribution in [2.75, 3.05) is 13.6 Å². The van der Waals surface area contributed by atoms with E-state index in [1.165, 1.54) is 6.07 Å². The number of hydrogen-bond donors (Lipinski definition) is 2. The zero-order valence-corrected chi connectivity index (χ0v) is 8.03. The Labute approximate surface area is 83.1 Å². The summed E-state index contributed by atoms with van der Waals surface area (Å²) in [6.45, 7) is 0.730. The van der Waals surface area contributed by atoms with E-state index in [2.05, 4.69) is 5.32 Å². The van der Waals surface area contributed by atoms with E-state index in [4.69, 9.17) is 0 Å². The number of aldehydes is 1. The van der Waals surface area contributed by atoms with Crippen molar-refractivity contribution in [3.05, 3.63) is 35.4 Å². The number of aromatic hydroxyl groups is 1. The lowest BCUT2D eigenvalue weighted by atomic mass is 10.1. The van der Waals surface area contributed by atoms with E-state index in [9.17, 15) is 9.90 Å². The Hall–Kier alpha value is -1.61. The number of carbonyl (C=O) groups is 1. The molecule has 0 unspecified atom stereocenters. The summed E-state index contributed by atoms with van der Waals surface area (Å²) >= 11 is 0. The van der Waals surface area contributed by atoms with Crippen LogP contribution in [0.1, 0.15) is 15.9 Å². The molecule has 0 aliphatic rings. The predicted octanol–water partition coefficient (Wildman–Crippen LogP) is 1.44. The molecule has 0 aromatic heterocycles. The van der Waals surface area contributed by atoms with Crippen LogP contribution in [0.25, 0.3) is 6.08 Å². The van der Waals surface area contributed by atoms with Gasteiger partial charge in [0.15, 0.2) is 6.29 Å². The molecule has 0 saturated heterocycles. The quantitative estimate of drug-likeness (QED) is 0.708. The summed E-state index contributed by atoms with van der Waals surface area (Å²) in [5, 5.41) is 12.3. The van der Waals surface area contributed by atoms with Gasteiger partial charge in [0.1, 0.15) is 5.75 Å². The van der Waals surface area contributed by atoms with E-state index in [1.807, 2.05) is 13.1 Å². The van der Waals surface area contributed by atoms with Crippen LogP contribution in [0.4, 0.5) is 0 Å². The van der Waals surface area contributed by atoms with Crippen LogP contribution >= 0.6 is 0 Å². The minimum absolute atomic E-state index is 0.0200. The number of likely N-dealkylation sites (N-methyl/N-ethyl adjacent to an activating group) is 1. The molecule has 0 fully saturated rings. The van der Waals surface area contributed by atoms with E-state index in [0.717, 1.165) is 12.1 Å². The Balaban J connectivity index is 2.96. The van der Waals surface area contributed by atoms with Crippen LogP contribution in [0.3, 0.4) is 0 Å². The van der Waals surface area contributed by atoms with Crippen molar-refractivity contribution < 1.29 is 9.90 Å². The summed E-state index contributed by atoms with van der Waals surface area (Å²) in [6, 6.07) is 5.00. The summed E-state index contributed by atoms with van der Waals surface area (Å²) < 4.78 is 0. The van der Waals surface area contributed by atoms with Crippen LogP contribution in [0.2, 0.25) is 0 Å². The largest absolute Gasteiger partial charge is 0.507 e. The number of benzene rings is 1. The van der Waals surface area contributed by atoms with Crippen molar-refractivity contribution >= 4 is 12.4 Å². The Morgan fingerprint density at radius 2 is 2.29 bits per heavy atom. The van der Waals surface area contributed by atoms with Gasteiger partial charge in [0.05, 0.1) is 5.56 Å². The molecule has 1 aromatic carbocycles. The first-order chi connectivity index (χ1) is 6.79. The molecule has 2 N–H and O–H groups in total. The van der Waals surface area contributed by atoms with Gasteiger partial charge in [-0.25, -0.2) is 0 Å². The average Bonchev–Trinajstić information content (AvgIpc) is 2.18. The van der Waals surface area contributed by atoms with Crippen molar-refractivity contribution in [2.24, 2.45) is 0 Å². The first kappa shape index (κ1) is 10.5. The fourth-order valence-electron chi connectivity index (χ4n) is 1.15. The van der Waals surface area contributed by atoms with Crippen LogP contribution in [0, 0.1) is 0 Å². The molecular formula is C11H13NO2. The second kappa shape index (κ2) is 5.19. The minimum Gasteiger partial charge on any atom is -0.507 e.